The van der Waals surface area contributed by atoms with Gasteiger partial charge in [-0.25, -0.2) is 4.79 Å². The van der Waals surface area contributed by atoms with Crippen LogP contribution in [0.15, 0.2) is 85.1 Å². The Bertz CT molecular complexity index is 1420. The summed E-state index contributed by atoms with van der Waals surface area (Å²) in [6.07, 6.45) is 2.14. The number of rotatable bonds is 5. The maximum Gasteiger partial charge on any atom is 0.416 e. The smallest absolute Gasteiger partial charge is 0.385 e. The SMILES string of the molecule is O=C(Nc1cccc(Nc2ccc3c(c2)NC(=O)/C3=C\C2CC=CN2)c1)Nc1cccc(C(F)(F)F)c1. The van der Waals surface area contributed by atoms with Crippen molar-refractivity contribution in [1.82, 2.24) is 5.32 Å². The fourth-order valence-corrected chi connectivity index (χ4v) is 4.14. The predicted molar refractivity (Wildman–Crippen MR) is 138 cm³/mol. The predicted octanol–water partition coefficient (Wildman–Crippen LogP) is 6.30. The van der Waals surface area contributed by atoms with E-state index in [0.717, 1.165) is 29.8 Å². The molecule has 0 saturated heterocycles. The summed E-state index contributed by atoms with van der Waals surface area (Å²) in [5, 5.41) is 14.3. The van der Waals surface area contributed by atoms with Gasteiger partial charge in [-0.3, -0.25) is 4.79 Å². The molecule has 0 spiro atoms. The van der Waals surface area contributed by atoms with Gasteiger partial charge in [-0.1, -0.05) is 24.3 Å². The first kappa shape index (κ1) is 24.0. The van der Waals surface area contributed by atoms with E-state index in [4.69, 9.17) is 0 Å². The third kappa shape index (κ3) is 5.58. The van der Waals surface area contributed by atoms with E-state index in [0.29, 0.717) is 22.6 Å². The zero-order valence-corrected chi connectivity index (χ0v) is 19.3. The molecule has 2 heterocycles. The van der Waals surface area contributed by atoms with Gasteiger partial charge in [0, 0.05) is 39.9 Å². The van der Waals surface area contributed by atoms with Crippen LogP contribution in [0, 0.1) is 0 Å². The van der Waals surface area contributed by atoms with Gasteiger partial charge in [0.15, 0.2) is 0 Å². The topological polar surface area (TPSA) is 94.3 Å². The minimum atomic E-state index is -4.50. The Morgan fingerprint density at radius 1 is 0.919 bits per heavy atom. The number of halogens is 3. The average Bonchev–Trinajstić information content (AvgIpc) is 3.46. The van der Waals surface area contributed by atoms with Crippen molar-refractivity contribution in [1.29, 1.82) is 0 Å². The number of nitrogens with one attached hydrogen (secondary N) is 5. The molecule has 3 aromatic carbocycles. The van der Waals surface area contributed by atoms with Crippen molar-refractivity contribution in [2.24, 2.45) is 0 Å². The van der Waals surface area contributed by atoms with Gasteiger partial charge in [-0.05, 0) is 67.2 Å². The molecular weight excluding hydrogens is 483 g/mol. The Kier molecular flexibility index (Phi) is 6.31. The quantitative estimate of drug-likeness (QED) is 0.263. The lowest BCUT2D eigenvalue weighted by Gasteiger charge is -2.12. The molecule has 0 radical (unpaired) electrons. The molecule has 10 heteroatoms. The van der Waals surface area contributed by atoms with Crippen LogP contribution >= 0.6 is 0 Å². The molecule has 2 aliphatic rings. The molecule has 5 N–H and O–H groups in total. The van der Waals surface area contributed by atoms with E-state index in [-0.39, 0.29) is 17.6 Å². The number of fused-ring (bicyclic) bond motifs is 1. The first-order valence-corrected chi connectivity index (χ1v) is 11.5. The first-order chi connectivity index (χ1) is 17.7. The second-order valence-electron chi connectivity index (χ2n) is 8.57. The van der Waals surface area contributed by atoms with Crippen LogP contribution in [0.2, 0.25) is 0 Å². The van der Waals surface area contributed by atoms with Crippen molar-refractivity contribution >= 4 is 45.9 Å². The molecule has 1 unspecified atom stereocenters. The Labute approximate surface area is 210 Å². The molecule has 5 rings (SSSR count). The monoisotopic (exact) mass is 505 g/mol. The van der Waals surface area contributed by atoms with Gasteiger partial charge in [0.25, 0.3) is 5.91 Å². The van der Waals surface area contributed by atoms with E-state index in [1.165, 1.54) is 12.1 Å². The number of alkyl halides is 3. The summed E-state index contributed by atoms with van der Waals surface area (Å²) in [4.78, 5) is 24.8. The number of carbonyl (C=O) groups excluding carboxylic acids is 2. The summed E-state index contributed by atoms with van der Waals surface area (Å²) < 4.78 is 38.7. The molecule has 1 atom stereocenters. The Morgan fingerprint density at radius 2 is 1.62 bits per heavy atom. The van der Waals surface area contributed by atoms with Gasteiger partial charge >= 0.3 is 12.2 Å². The molecule has 188 valence electrons. The summed E-state index contributed by atoms with van der Waals surface area (Å²) in [6, 6.07) is 16.2. The van der Waals surface area contributed by atoms with Crippen molar-refractivity contribution in [2.75, 3.05) is 21.3 Å². The highest BCUT2D eigenvalue weighted by Crippen LogP contribution is 2.35. The number of anilines is 5. The number of hydrogen-bond donors (Lipinski definition) is 5. The van der Waals surface area contributed by atoms with Crippen molar-refractivity contribution in [3.8, 4) is 0 Å². The zero-order valence-electron chi connectivity index (χ0n) is 19.3. The van der Waals surface area contributed by atoms with Gasteiger partial charge < -0.3 is 26.6 Å². The summed E-state index contributed by atoms with van der Waals surface area (Å²) in [5.41, 5.74) is 3.15. The van der Waals surface area contributed by atoms with Crippen LogP contribution in [0.4, 0.5) is 46.4 Å². The standard InChI is InChI=1S/C27H22F3N5O2/c28-27(29,30)16-4-1-5-18(12-16)33-26(37)34-20-7-2-6-19(13-20)32-21-9-10-22-23(14-17-8-3-11-31-17)25(36)35-24(22)15-21/h1-7,9-15,17,31-32H,8H2,(H,35,36)(H2,33,34,37)/b23-14-. The van der Waals surface area contributed by atoms with Crippen LogP contribution in [0.25, 0.3) is 5.57 Å². The van der Waals surface area contributed by atoms with E-state index < -0.39 is 17.8 Å². The fraction of sp³-hybridized carbons (Fsp3) is 0.111. The second-order valence-corrected chi connectivity index (χ2v) is 8.57. The van der Waals surface area contributed by atoms with Crippen molar-refractivity contribution in [3.63, 3.8) is 0 Å². The highest BCUT2D eigenvalue weighted by atomic mass is 19.4. The van der Waals surface area contributed by atoms with Crippen LogP contribution in [-0.2, 0) is 11.0 Å². The fourth-order valence-electron chi connectivity index (χ4n) is 4.14. The third-order valence-corrected chi connectivity index (χ3v) is 5.85. The van der Waals surface area contributed by atoms with Crippen molar-refractivity contribution in [2.45, 2.75) is 18.6 Å². The normalized spacial score (nSPS) is 17.2. The van der Waals surface area contributed by atoms with Gasteiger partial charge in [0.2, 0.25) is 0 Å². The molecule has 0 aromatic heterocycles. The van der Waals surface area contributed by atoms with Crippen LogP contribution in [0.1, 0.15) is 17.5 Å². The van der Waals surface area contributed by atoms with Crippen molar-refractivity contribution < 1.29 is 22.8 Å². The lowest BCUT2D eigenvalue weighted by atomic mass is 10.0. The highest BCUT2D eigenvalue weighted by molar-refractivity contribution is 6.31. The molecule has 7 nitrogen and oxygen atoms in total. The molecule has 0 fully saturated rings. The molecule has 37 heavy (non-hydrogen) atoms. The van der Waals surface area contributed by atoms with Crippen LogP contribution in [0.3, 0.4) is 0 Å². The zero-order chi connectivity index (χ0) is 26.0. The minimum absolute atomic E-state index is 0.0233. The van der Waals surface area contributed by atoms with E-state index in [1.54, 1.807) is 24.3 Å². The number of benzene rings is 3. The maximum absolute atomic E-state index is 12.9. The van der Waals surface area contributed by atoms with E-state index >= 15 is 0 Å². The molecule has 0 bridgehead atoms. The second kappa shape index (κ2) is 9.73. The molecule has 2 aliphatic heterocycles. The molecule has 3 amide bonds. The summed E-state index contributed by atoms with van der Waals surface area (Å²) in [5.74, 6) is -0.154. The Morgan fingerprint density at radius 3 is 2.35 bits per heavy atom. The molecular formula is C27H22F3N5O2. The van der Waals surface area contributed by atoms with E-state index in [9.17, 15) is 22.8 Å². The van der Waals surface area contributed by atoms with Gasteiger partial charge in [-0.2, -0.15) is 13.2 Å². The number of urea groups is 1. The number of hydrogen-bond acceptors (Lipinski definition) is 4. The largest absolute Gasteiger partial charge is 0.416 e. The van der Waals surface area contributed by atoms with Crippen LogP contribution in [-0.4, -0.2) is 18.0 Å². The number of carbonyl (C=O) groups is 2. The summed E-state index contributed by atoms with van der Waals surface area (Å²) >= 11 is 0. The van der Waals surface area contributed by atoms with E-state index in [2.05, 4.69) is 26.6 Å². The Hall–Kier alpha value is -4.73. The highest BCUT2D eigenvalue weighted by Gasteiger charge is 2.30. The van der Waals surface area contributed by atoms with Crippen LogP contribution in [0.5, 0.6) is 0 Å². The third-order valence-electron chi connectivity index (χ3n) is 5.85. The first-order valence-electron chi connectivity index (χ1n) is 11.5. The van der Waals surface area contributed by atoms with E-state index in [1.807, 2.05) is 36.6 Å². The number of amides is 3. The molecule has 0 aliphatic carbocycles. The Balaban J connectivity index is 1.25. The molecule has 3 aromatic rings. The maximum atomic E-state index is 12.9. The lowest BCUT2D eigenvalue weighted by Crippen LogP contribution is -2.19. The lowest BCUT2D eigenvalue weighted by molar-refractivity contribution is -0.137. The van der Waals surface area contributed by atoms with Gasteiger partial charge in [0.1, 0.15) is 0 Å². The minimum Gasteiger partial charge on any atom is -0.385 e. The van der Waals surface area contributed by atoms with Gasteiger partial charge in [0.05, 0.1) is 11.3 Å². The summed E-state index contributed by atoms with van der Waals surface area (Å²) in [6.45, 7) is 0. The van der Waals surface area contributed by atoms with Crippen LogP contribution < -0.4 is 26.6 Å². The average molecular weight is 506 g/mol. The van der Waals surface area contributed by atoms with Crippen molar-refractivity contribution in [3.05, 3.63) is 96.2 Å². The van der Waals surface area contributed by atoms with Gasteiger partial charge in [-0.15, -0.1) is 0 Å². The summed E-state index contributed by atoms with van der Waals surface area (Å²) in [7, 11) is 0. The molecule has 0 saturated carbocycles.